The van der Waals surface area contributed by atoms with Crippen molar-refractivity contribution in [2.24, 2.45) is 5.92 Å². The second-order valence-electron chi connectivity index (χ2n) is 8.22. The fraction of sp³-hybridized carbons (Fsp3) is 0.276. The number of fused-ring (bicyclic) bond motifs is 3. The van der Waals surface area contributed by atoms with Crippen LogP contribution in [-0.4, -0.2) is 32.9 Å². The summed E-state index contributed by atoms with van der Waals surface area (Å²) in [6.45, 7) is 3.02. The van der Waals surface area contributed by atoms with Crippen molar-refractivity contribution in [2.45, 2.75) is 19.8 Å². The molecule has 3 aromatic carbocycles. The van der Waals surface area contributed by atoms with Crippen molar-refractivity contribution in [1.82, 2.24) is 0 Å². The molecule has 0 aromatic heterocycles. The summed E-state index contributed by atoms with van der Waals surface area (Å²) < 4.78 is 16.2. The lowest BCUT2D eigenvalue weighted by Crippen LogP contribution is -2.24. The minimum absolute atomic E-state index is 0.222. The molecule has 0 radical (unpaired) electrons. The third-order valence-corrected chi connectivity index (χ3v) is 5.87. The zero-order valence-electron chi connectivity index (χ0n) is 19.3. The molecule has 0 spiro atoms. The van der Waals surface area contributed by atoms with Gasteiger partial charge in [0.25, 0.3) is 0 Å². The molecule has 0 amide bonds. The molecule has 0 saturated heterocycles. The molecule has 0 saturated carbocycles. The maximum atomic E-state index is 12.1. The van der Waals surface area contributed by atoms with Gasteiger partial charge in [0, 0.05) is 7.11 Å². The second kappa shape index (κ2) is 11.0. The van der Waals surface area contributed by atoms with Crippen LogP contribution in [-0.2, 0) is 27.1 Å². The number of carbonyl (C=O) groups excluding carboxylic acids is 1. The topological polar surface area (TPSA) is 44.8 Å². The Morgan fingerprint density at radius 1 is 1.00 bits per heavy atom. The predicted molar refractivity (Wildman–Crippen MR) is 131 cm³/mol. The SMILES string of the molecule is CCOC(=O)C(COC)Cc1ccc(OCC=Cc2ccc3c(c2)Cc2ccccc2-3)cc1. The van der Waals surface area contributed by atoms with Gasteiger partial charge in [0.05, 0.1) is 19.1 Å². The molecular formula is C29H30O4. The van der Waals surface area contributed by atoms with E-state index in [0.717, 1.165) is 17.7 Å². The highest BCUT2D eigenvalue weighted by atomic mass is 16.5. The molecule has 0 N–H and O–H groups in total. The largest absolute Gasteiger partial charge is 0.490 e. The van der Waals surface area contributed by atoms with Gasteiger partial charge >= 0.3 is 5.97 Å². The van der Waals surface area contributed by atoms with E-state index in [1.165, 1.54) is 27.8 Å². The van der Waals surface area contributed by atoms with Crippen LogP contribution in [0.1, 0.15) is 29.2 Å². The number of ether oxygens (including phenoxy) is 3. The van der Waals surface area contributed by atoms with E-state index in [0.29, 0.717) is 26.2 Å². The van der Waals surface area contributed by atoms with Crippen LogP contribution >= 0.6 is 0 Å². The lowest BCUT2D eigenvalue weighted by molar-refractivity contribution is -0.149. The summed E-state index contributed by atoms with van der Waals surface area (Å²) in [5.41, 5.74) is 7.71. The number of esters is 1. The summed E-state index contributed by atoms with van der Waals surface area (Å²) in [4.78, 5) is 12.1. The average Bonchev–Trinajstić information content (AvgIpc) is 3.20. The summed E-state index contributed by atoms with van der Waals surface area (Å²) in [6.07, 6.45) is 5.71. The number of hydrogen-bond acceptors (Lipinski definition) is 4. The van der Waals surface area contributed by atoms with Gasteiger partial charge in [0.2, 0.25) is 0 Å². The Morgan fingerprint density at radius 2 is 1.79 bits per heavy atom. The molecule has 170 valence electrons. The molecule has 0 bridgehead atoms. The fourth-order valence-electron chi connectivity index (χ4n) is 4.28. The van der Waals surface area contributed by atoms with E-state index < -0.39 is 0 Å². The lowest BCUT2D eigenvalue weighted by atomic mass is 10.00. The molecule has 4 heteroatoms. The first-order valence-corrected chi connectivity index (χ1v) is 11.4. The van der Waals surface area contributed by atoms with E-state index in [9.17, 15) is 4.79 Å². The first-order chi connectivity index (χ1) is 16.2. The average molecular weight is 443 g/mol. The van der Waals surface area contributed by atoms with Gasteiger partial charge in [0.1, 0.15) is 12.4 Å². The fourth-order valence-corrected chi connectivity index (χ4v) is 4.28. The van der Waals surface area contributed by atoms with Crippen molar-refractivity contribution in [3.05, 3.63) is 95.1 Å². The van der Waals surface area contributed by atoms with Gasteiger partial charge in [-0.3, -0.25) is 4.79 Å². The Kier molecular flexibility index (Phi) is 7.59. The Morgan fingerprint density at radius 3 is 2.58 bits per heavy atom. The summed E-state index contributed by atoms with van der Waals surface area (Å²) >= 11 is 0. The van der Waals surface area contributed by atoms with Crippen LogP contribution in [0, 0.1) is 5.92 Å². The lowest BCUT2D eigenvalue weighted by Gasteiger charge is -2.15. The molecule has 4 rings (SSSR count). The van der Waals surface area contributed by atoms with E-state index in [1.54, 1.807) is 7.11 Å². The minimum atomic E-state index is -0.301. The third kappa shape index (κ3) is 5.71. The van der Waals surface area contributed by atoms with E-state index in [2.05, 4.69) is 48.5 Å². The number of carbonyl (C=O) groups is 1. The van der Waals surface area contributed by atoms with Crippen LogP contribution in [0.5, 0.6) is 5.75 Å². The van der Waals surface area contributed by atoms with E-state index in [-0.39, 0.29) is 11.9 Å². The molecule has 1 aliphatic rings. The van der Waals surface area contributed by atoms with Crippen molar-refractivity contribution in [3.63, 3.8) is 0 Å². The predicted octanol–water partition coefficient (Wildman–Crippen LogP) is 5.72. The van der Waals surface area contributed by atoms with E-state index in [4.69, 9.17) is 14.2 Å². The zero-order valence-corrected chi connectivity index (χ0v) is 19.3. The van der Waals surface area contributed by atoms with Gasteiger partial charge in [-0.1, -0.05) is 60.7 Å². The Hall–Kier alpha value is -3.37. The standard InChI is InChI=1S/C29H30O4/c1-3-32-29(30)25(20-31-2)18-22-10-13-26(14-11-22)33-16-6-7-21-12-15-28-24(17-21)19-23-8-4-5-9-27(23)28/h4-15,17,25H,3,16,18-20H2,1-2H3. The first kappa shape index (κ1) is 22.8. The monoisotopic (exact) mass is 442 g/mol. The second-order valence-corrected chi connectivity index (χ2v) is 8.22. The van der Waals surface area contributed by atoms with Gasteiger partial charge in [-0.05, 0) is 71.4 Å². The highest BCUT2D eigenvalue weighted by Gasteiger charge is 2.20. The molecule has 1 unspecified atom stereocenters. The highest BCUT2D eigenvalue weighted by molar-refractivity contribution is 5.78. The maximum Gasteiger partial charge on any atom is 0.311 e. The maximum absolute atomic E-state index is 12.1. The third-order valence-electron chi connectivity index (χ3n) is 5.87. The smallest absolute Gasteiger partial charge is 0.311 e. The van der Waals surface area contributed by atoms with Crippen LogP contribution < -0.4 is 4.74 Å². The van der Waals surface area contributed by atoms with Crippen molar-refractivity contribution in [1.29, 1.82) is 0 Å². The van der Waals surface area contributed by atoms with Crippen LogP contribution in [0.3, 0.4) is 0 Å². The summed E-state index contributed by atoms with van der Waals surface area (Å²) in [6, 6.07) is 23.1. The van der Waals surface area contributed by atoms with Crippen LogP contribution in [0.4, 0.5) is 0 Å². The molecule has 1 atom stereocenters. The van der Waals surface area contributed by atoms with Gasteiger partial charge in [-0.15, -0.1) is 0 Å². The van der Waals surface area contributed by atoms with Gasteiger partial charge in [-0.2, -0.15) is 0 Å². The molecule has 0 aliphatic heterocycles. The molecule has 1 aliphatic carbocycles. The van der Waals surface area contributed by atoms with E-state index in [1.807, 2.05) is 37.3 Å². The van der Waals surface area contributed by atoms with Crippen LogP contribution in [0.2, 0.25) is 0 Å². The quantitative estimate of drug-likeness (QED) is 0.295. The van der Waals surface area contributed by atoms with Crippen molar-refractivity contribution in [2.75, 3.05) is 26.9 Å². The Balaban J connectivity index is 1.29. The van der Waals surface area contributed by atoms with Crippen molar-refractivity contribution >= 4 is 12.0 Å². The number of methoxy groups -OCH3 is 1. The number of rotatable bonds is 10. The molecule has 3 aromatic rings. The molecule has 33 heavy (non-hydrogen) atoms. The number of hydrogen-bond donors (Lipinski definition) is 0. The summed E-state index contributed by atoms with van der Waals surface area (Å²) in [7, 11) is 1.60. The Labute approximate surface area is 195 Å². The summed E-state index contributed by atoms with van der Waals surface area (Å²) in [5, 5.41) is 0. The molecule has 0 fully saturated rings. The van der Waals surface area contributed by atoms with Crippen molar-refractivity contribution in [3.8, 4) is 16.9 Å². The van der Waals surface area contributed by atoms with Gasteiger partial charge in [0.15, 0.2) is 0 Å². The number of benzene rings is 3. The molecule has 0 heterocycles. The minimum Gasteiger partial charge on any atom is -0.490 e. The van der Waals surface area contributed by atoms with Gasteiger partial charge in [-0.25, -0.2) is 0 Å². The van der Waals surface area contributed by atoms with Crippen LogP contribution in [0.15, 0.2) is 72.8 Å². The molecular weight excluding hydrogens is 412 g/mol. The van der Waals surface area contributed by atoms with E-state index >= 15 is 0 Å². The zero-order chi connectivity index (χ0) is 23.0. The highest BCUT2D eigenvalue weighted by Crippen LogP contribution is 2.36. The van der Waals surface area contributed by atoms with Gasteiger partial charge < -0.3 is 14.2 Å². The summed E-state index contributed by atoms with van der Waals surface area (Å²) in [5.74, 6) is 0.275. The molecule has 4 nitrogen and oxygen atoms in total. The first-order valence-electron chi connectivity index (χ1n) is 11.4. The van der Waals surface area contributed by atoms with Crippen LogP contribution in [0.25, 0.3) is 17.2 Å². The normalized spacial score (nSPS) is 12.9. The Bertz CT molecular complexity index is 1110. The van der Waals surface area contributed by atoms with Crippen molar-refractivity contribution < 1.29 is 19.0 Å².